The number of hydrogen-bond donors (Lipinski definition) is 1. The third kappa shape index (κ3) is 3.02. The molecule has 0 aliphatic heterocycles. The minimum Gasteiger partial charge on any atom is -0.497 e. The van der Waals surface area contributed by atoms with Gasteiger partial charge in [-0.05, 0) is 37.8 Å². The Morgan fingerprint density at radius 2 is 2.12 bits per heavy atom. The van der Waals surface area contributed by atoms with Crippen molar-refractivity contribution in [2.45, 2.75) is 25.7 Å². The summed E-state index contributed by atoms with van der Waals surface area (Å²) in [5, 5.41) is 3.95. The molecule has 1 aromatic carbocycles. The van der Waals surface area contributed by atoms with Crippen LogP contribution in [0.1, 0.15) is 33.8 Å². The van der Waals surface area contributed by atoms with Gasteiger partial charge in [0.1, 0.15) is 11.3 Å². The molecule has 1 aliphatic carbocycles. The Hall–Kier alpha value is -2.67. The Labute approximate surface area is 147 Å². The first-order valence-corrected chi connectivity index (χ1v) is 8.87. The first-order valence-electron chi connectivity index (χ1n) is 8.06. The van der Waals surface area contributed by atoms with Gasteiger partial charge in [0.15, 0.2) is 5.13 Å². The Balaban J connectivity index is 1.69. The molecule has 1 N–H and O–H groups in total. The maximum absolute atomic E-state index is 12.7. The number of hydrogen-bond acceptors (Lipinski definition) is 6. The van der Waals surface area contributed by atoms with Crippen LogP contribution in [0.3, 0.4) is 0 Å². The molecule has 2 aromatic heterocycles. The van der Waals surface area contributed by atoms with E-state index in [4.69, 9.17) is 9.15 Å². The van der Waals surface area contributed by atoms with Crippen molar-refractivity contribution in [3.63, 3.8) is 0 Å². The summed E-state index contributed by atoms with van der Waals surface area (Å²) in [6, 6.07) is 6.23. The fourth-order valence-electron chi connectivity index (χ4n) is 3.03. The highest BCUT2D eigenvalue weighted by molar-refractivity contribution is 7.15. The topological polar surface area (TPSA) is 81.4 Å². The Morgan fingerprint density at radius 3 is 2.92 bits per heavy atom. The van der Waals surface area contributed by atoms with Crippen LogP contribution in [0.2, 0.25) is 0 Å². The van der Waals surface area contributed by atoms with Gasteiger partial charge in [-0.1, -0.05) is 0 Å². The summed E-state index contributed by atoms with van der Waals surface area (Å²) in [6.07, 6.45) is 4.27. The average Bonchev–Trinajstić information content (AvgIpc) is 3.02. The van der Waals surface area contributed by atoms with Crippen LogP contribution < -0.4 is 15.7 Å². The maximum Gasteiger partial charge on any atom is 0.337 e. The molecule has 1 amide bonds. The molecular formula is C18H16N2O4S. The SMILES string of the molecule is COc1ccc2c(C(=O)Nc3nc4c(s3)CCCC4)cc(=O)oc2c1. The first kappa shape index (κ1) is 15.8. The number of rotatable bonds is 3. The summed E-state index contributed by atoms with van der Waals surface area (Å²) in [4.78, 5) is 30.3. The van der Waals surface area contributed by atoms with E-state index in [0.29, 0.717) is 21.9 Å². The van der Waals surface area contributed by atoms with Gasteiger partial charge in [-0.3, -0.25) is 10.1 Å². The Kier molecular flexibility index (Phi) is 4.01. The van der Waals surface area contributed by atoms with E-state index in [1.54, 1.807) is 18.2 Å². The Morgan fingerprint density at radius 1 is 1.28 bits per heavy atom. The van der Waals surface area contributed by atoms with E-state index in [2.05, 4.69) is 10.3 Å². The van der Waals surface area contributed by atoms with Crippen molar-refractivity contribution in [1.82, 2.24) is 4.98 Å². The van der Waals surface area contributed by atoms with Crippen molar-refractivity contribution in [2.75, 3.05) is 12.4 Å². The van der Waals surface area contributed by atoms with Crippen LogP contribution in [0.25, 0.3) is 11.0 Å². The third-order valence-electron chi connectivity index (χ3n) is 4.26. The van der Waals surface area contributed by atoms with Crippen molar-refractivity contribution >= 4 is 33.3 Å². The molecule has 1 aliphatic rings. The lowest BCUT2D eigenvalue weighted by molar-refractivity contribution is 0.102. The van der Waals surface area contributed by atoms with Crippen molar-refractivity contribution in [2.24, 2.45) is 0 Å². The van der Waals surface area contributed by atoms with Gasteiger partial charge < -0.3 is 9.15 Å². The summed E-state index contributed by atoms with van der Waals surface area (Å²) in [6.45, 7) is 0. The number of fused-ring (bicyclic) bond motifs is 2. The van der Waals surface area contributed by atoms with Gasteiger partial charge in [-0.25, -0.2) is 9.78 Å². The van der Waals surface area contributed by atoms with Gasteiger partial charge in [-0.15, -0.1) is 11.3 Å². The van der Waals surface area contributed by atoms with Crippen LogP contribution >= 0.6 is 11.3 Å². The molecule has 0 atom stereocenters. The van der Waals surface area contributed by atoms with Crippen LogP contribution in [-0.4, -0.2) is 18.0 Å². The number of ether oxygens (including phenoxy) is 1. The molecule has 0 fully saturated rings. The monoisotopic (exact) mass is 356 g/mol. The van der Waals surface area contributed by atoms with E-state index in [1.807, 2.05) is 0 Å². The molecule has 0 spiro atoms. The van der Waals surface area contributed by atoms with Crippen LogP contribution in [0, 0.1) is 0 Å². The zero-order valence-electron chi connectivity index (χ0n) is 13.6. The molecule has 25 heavy (non-hydrogen) atoms. The van der Waals surface area contributed by atoms with Crippen molar-refractivity contribution in [1.29, 1.82) is 0 Å². The third-order valence-corrected chi connectivity index (χ3v) is 5.34. The van der Waals surface area contributed by atoms with Crippen LogP contribution in [0.5, 0.6) is 5.75 Å². The molecule has 0 bridgehead atoms. The predicted molar refractivity (Wildman–Crippen MR) is 95.7 cm³/mol. The first-order chi connectivity index (χ1) is 12.1. The molecule has 128 valence electrons. The minimum atomic E-state index is -0.579. The summed E-state index contributed by atoms with van der Waals surface area (Å²) >= 11 is 1.51. The molecule has 0 radical (unpaired) electrons. The van der Waals surface area contributed by atoms with Gasteiger partial charge in [0.05, 0.1) is 18.4 Å². The lowest BCUT2D eigenvalue weighted by atomic mass is 10.0. The molecule has 3 aromatic rings. The molecule has 4 rings (SSSR count). The van der Waals surface area contributed by atoms with E-state index in [-0.39, 0.29) is 11.5 Å². The van der Waals surface area contributed by atoms with E-state index >= 15 is 0 Å². The number of benzene rings is 1. The molecule has 0 saturated heterocycles. The molecule has 0 unspecified atom stereocenters. The normalized spacial score (nSPS) is 13.5. The average molecular weight is 356 g/mol. The van der Waals surface area contributed by atoms with E-state index in [0.717, 1.165) is 31.4 Å². The van der Waals surface area contributed by atoms with Crippen LogP contribution in [-0.2, 0) is 12.8 Å². The predicted octanol–water partition coefficient (Wildman–Crippen LogP) is 3.39. The maximum atomic E-state index is 12.7. The number of anilines is 1. The molecule has 7 heteroatoms. The van der Waals surface area contributed by atoms with Gasteiger partial charge in [0, 0.05) is 22.4 Å². The van der Waals surface area contributed by atoms with Gasteiger partial charge >= 0.3 is 5.63 Å². The zero-order chi connectivity index (χ0) is 17.4. The molecular weight excluding hydrogens is 340 g/mol. The highest BCUT2D eigenvalue weighted by Gasteiger charge is 2.19. The highest BCUT2D eigenvalue weighted by atomic mass is 32.1. The lowest BCUT2D eigenvalue weighted by Gasteiger charge is -2.06. The zero-order valence-corrected chi connectivity index (χ0v) is 14.4. The van der Waals surface area contributed by atoms with Gasteiger partial charge in [0.2, 0.25) is 0 Å². The molecule has 0 saturated carbocycles. The second-order valence-electron chi connectivity index (χ2n) is 5.89. The molecule has 2 heterocycles. The van der Waals surface area contributed by atoms with Crippen molar-refractivity contribution in [3.05, 3.63) is 50.8 Å². The number of thiazole rings is 1. The van der Waals surface area contributed by atoms with Gasteiger partial charge in [-0.2, -0.15) is 0 Å². The van der Waals surface area contributed by atoms with E-state index in [9.17, 15) is 9.59 Å². The Bertz CT molecular complexity index is 998. The second kappa shape index (κ2) is 6.33. The summed E-state index contributed by atoms with van der Waals surface area (Å²) in [5.41, 5.74) is 1.08. The largest absolute Gasteiger partial charge is 0.497 e. The smallest absolute Gasteiger partial charge is 0.337 e. The fourth-order valence-corrected chi connectivity index (χ4v) is 4.07. The standard InChI is InChI=1S/C18H16N2O4S/c1-23-10-6-7-11-12(9-16(21)24-14(11)8-10)17(22)20-18-19-13-4-2-3-5-15(13)25-18/h6-9H,2-5H2,1H3,(H,19,20,22). The lowest BCUT2D eigenvalue weighted by Crippen LogP contribution is -2.15. The number of carbonyl (C=O) groups excluding carboxylic acids is 1. The second-order valence-corrected chi connectivity index (χ2v) is 6.97. The van der Waals surface area contributed by atoms with Crippen LogP contribution in [0.15, 0.2) is 33.5 Å². The summed E-state index contributed by atoms with van der Waals surface area (Å²) < 4.78 is 10.3. The number of nitrogens with one attached hydrogen (secondary N) is 1. The number of aryl methyl sites for hydroxylation is 2. The molecule has 6 nitrogen and oxygen atoms in total. The summed E-state index contributed by atoms with van der Waals surface area (Å²) in [7, 11) is 1.53. The fraction of sp³-hybridized carbons (Fsp3) is 0.278. The van der Waals surface area contributed by atoms with E-state index < -0.39 is 5.63 Å². The van der Waals surface area contributed by atoms with Crippen LogP contribution in [0.4, 0.5) is 5.13 Å². The van der Waals surface area contributed by atoms with E-state index in [1.165, 1.54) is 29.4 Å². The quantitative estimate of drug-likeness (QED) is 0.728. The highest BCUT2D eigenvalue weighted by Crippen LogP contribution is 2.30. The number of aromatic nitrogens is 1. The van der Waals surface area contributed by atoms with Crippen molar-refractivity contribution in [3.8, 4) is 5.75 Å². The number of methoxy groups -OCH3 is 1. The van der Waals surface area contributed by atoms with Crippen molar-refractivity contribution < 1.29 is 13.9 Å². The minimum absolute atomic E-state index is 0.266. The number of amides is 1. The summed E-state index contributed by atoms with van der Waals surface area (Å²) in [5.74, 6) is 0.190. The van der Waals surface area contributed by atoms with Gasteiger partial charge in [0.25, 0.3) is 5.91 Å². The number of nitrogens with zero attached hydrogens (tertiary/aromatic N) is 1. The number of carbonyl (C=O) groups is 1.